The van der Waals surface area contributed by atoms with Crippen molar-refractivity contribution in [2.24, 2.45) is 5.92 Å². The van der Waals surface area contributed by atoms with Crippen molar-refractivity contribution in [3.05, 3.63) is 36.0 Å². The summed E-state index contributed by atoms with van der Waals surface area (Å²) < 4.78 is 38.9. The number of anilines is 4. The van der Waals surface area contributed by atoms with Crippen molar-refractivity contribution in [3.8, 4) is 0 Å². The third-order valence-corrected chi connectivity index (χ3v) is 5.93. The van der Waals surface area contributed by atoms with Crippen molar-refractivity contribution in [1.82, 2.24) is 14.9 Å². The molecule has 1 aromatic carbocycles. The van der Waals surface area contributed by atoms with Crippen LogP contribution in [0.2, 0.25) is 0 Å². The van der Waals surface area contributed by atoms with Gasteiger partial charge in [0.2, 0.25) is 5.95 Å². The Kier molecular flexibility index (Phi) is 5.99. The zero-order valence-electron chi connectivity index (χ0n) is 17.0. The Morgan fingerprint density at radius 3 is 2.33 bits per heavy atom. The van der Waals surface area contributed by atoms with E-state index in [9.17, 15) is 13.2 Å². The number of piperazine rings is 1. The maximum atomic E-state index is 13.0. The van der Waals surface area contributed by atoms with Crippen molar-refractivity contribution in [1.29, 1.82) is 0 Å². The number of hydrogen-bond donors (Lipinski definition) is 2. The van der Waals surface area contributed by atoms with E-state index in [0.29, 0.717) is 0 Å². The zero-order valence-corrected chi connectivity index (χ0v) is 17.0. The molecule has 2 fully saturated rings. The third-order valence-electron chi connectivity index (χ3n) is 5.93. The Bertz CT molecular complexity index is 843. The van der Waals surface area contributed by atoms with Crippen LogP contribution in [-0.4, -0.2) is 54.6 Å². The van der Waals surface area contributed by atoms with E-state index in [-0.39, 0.29) is 11.8 Å². The molecule has 0 radical (unpaired) electrons. The quantitative estimate of drug-likeness (QED) is 0.731. The average molecular weight is 420 g/mol. The minimum atomic E-state index is -4.50. The van der Waals surface area contributed by atoms with E-state index in [4.69, 9.17) is 0 Å². The molecule has 2 N–H and O–H groups in total. The van der Waals surface area contributed by atoms with Gasteiger partial charge < -0.3 is 15.5 Å². The third kappa shape index (κ3) is 4.77. The molecular formula is C21H27F3N6. The largest absolute Gasteiger partial charge is 0.421 e. The fourth-order valence-electron chi connectivity index (χ4n) is 3.95. The number of hydrogen-bond acceptors (Lipinski definition) is 6. The molecule has 0 atom stereocenters. The van der Waals surface area contributed by atoms with Crippen molar-refractivity contribution in [2.45, 2.75) is 25.4 Å². The zero-order chi connectivity index (χ0) is 21.1. The topological polar surface area (TPSA) is 56.3 Å². The van der Waals surface area contributed by atoms with Crippen molar-refractivity contribution in [2.75, 3.05) is 55.3 Å². The lowest BCUT2D eigenvalue weighted by Crippen LogP contribution is -2.48. The second-order valence-corrected chi connectivity index (χ2v) is 7.96. The van der Waals surface area contributed by atoms with E-state index in [1.807, 2.05) is 24.3 Å². The van der Waals surface area contributed by atoms with E-state index < -0.39 is 11.7 Å². The molecule has 0 unspecified atom stereocenters. The molecule has 1 aliphatic heterocycles. The van der Waals surface area contributed by atoms with E-state index in [2.05, 4.69) is 30.4 Å². The van der Waals surface area contributed by atoms with Crippen LogP contribution < -0.4 is 15.5 Å². The molecule has 1 aromatic heterocycles. The predicted molar refractivity (Wildman–Crippen MR) is 112 cm³/mol. The van der Waals surface area contributed by atoms with Crippen molar-refractivity contribution in [3.63, 3.8) is 0 Å². The first-order valence-electron chi connectivity index (χ1n) is 10.4. The monoisotopic (exact) mass is 420 g/mol. The van der Waals surface area contributed by atoms with Crippen LogP contribution in [0.1, 0.15) is 24.8 Å². The summed E-state index contributed by atoms with van der Waals surface area (Å²) in [6, 6.07) is 7.84. The second kappa shape index (κ2) is 8.67. The fourth-order valence-corrected chi connectivity index (χ4v) is 3.95. The van der Waals surface area contributed by atoms with Gasteiger partial charge in [0, 0.05) is 57.3 Å². The highest BCUT2D eigenvalue weighted by Crippen LogP contribution is 2.34. The van der Waals surface area contributed by atoms with Gasteiger partial charge in [0.15, 0.2) is 0 Å². The van der Waals surface area contributed by atoms with Gasteiger partial charge >= 0.3 is 6.18 Å². The summed E-state index contributed by atoms with van der Waals surface area (Å²) in [6.45, 7) is 5.42. The normalized spacial score (nSPS) is 18.2. The molecule has 2 heterocycles. The second-order valence-electron chi connectivity index (χ2n) is 7.96. The molecule has 0 amide bonds. The highest BCUT2D eigenvalue weighted by atomic mass is 19.4. The highest BCUT2D eigenvalue weighted by Gasteiger charge is 2.35. The van der Waals surface area contributed by atoms with Crippen LogP contribution in [0.3, 0.4) is 0 Å². The van der Waals surface area contributed by atoms with Crippen molar-refractivity contribution >= 4 is 23.1 Å². The van der Waals surface area contributed by atoms with Crippen LogP contribution in [-0.2, 0) is 6.18 Å². The number of nitrogens with one attached hydrogen (secondary N) is 2. The number of halogens is 3. The molecule has 1 saturated heterocycles. The van der Waals surface area contributed by atoms with Gasteiger partial charge in [0.25, 0.3) is 0 Å². The van der Waals surface area contributed by atoms with Crippen LogP contribution in [0.15, 0.2) is 30.5 Å². The van der Waals surface area contributed by atoms with Gasteiger partial charge in [-0.2, -0.15) is 18.2 Å². The summed E-state index contributed by atoms with van der Waals surface area (Å²) in [7, 11) is 1.40. The maximum Gasteiger partial charge on any atom is 0.421 e. The van der Waals surface area contributed by atoms with Crippen LogP contribution in [0.4, 0.5) is 36.3 Å². The molecular weight excluding hydrogens is 393 g/mol. The lowest BCUT2D eigenvalue weighted by molar-refractivity contribution is -0.137. The Labute approximate surface area is 174 Å². The summed E-state index contributed by atoms with van der Waals surface area (Å²) >= 11 is 0. The minimum Gasteiger partial charge on any atom is -0.372 e. The van der Waals surface area contributed by atoms with Gasteiger partial charge in [-0.1, -0.05) is 6.42 Å². The SMILES string of the molecule is CNc1nc(Nc2ccc(N3CCN(CC4CCC4)CC3)cc2)ncc1C(F)(F)F. The molecule has 4 rings (SSSR count). The Balaban J connectivity index is 1.35. The first-order chi connectivity index (χ1) is 14.4. The van der Waals surface area contributed by atoms with Gasteiger partial charge in [-0.25, -0.2) is 4.98 Å². The van der Waals surface area contributed by atoms with E-state index >= 15 is 0 Å². The number of rotatable bonds is 6. The predicted octanol–water partition coefficient (Wildman–Crippen LogP) is 4.20. The first-order valence-corrected chi connectivity index (χ1v) is 10.4. The number of nitrogens with zero attached hydrogens (tertiary/aromatic N) is 4. The number of aromatic nitrogens is 2. The lowest BCUT2D eigenvalue weighted by Gasteiger charge is -2.39. The molecule has 6 nitrogen and oxygen atoms in total. The van der Waals surface area contributed by atoms with Crippen LogP contribution >= 0.6 is 0 Å². The number of benzene rings is 1. The van der Waals surface area contributed by atoms with Gasteiger partial charge in [-0.3, -0.25) is 4.90 Å². The first kappa shape index (κ1) is 20.7. The highest BCUT2D eigenvalue weighted by molar-refractivity contribution is 5.60. The molecule has 162 valence electrons. The maximum absolute atomic E-state index is 13.0. The molecule has 30 heavy (non-hydrogen) atoms. The van der Waals surface area contributed by atoms with Crippen LogP contribution in [0.5, 0.6) is 0 Å². The fraction of sp³-hybridized carbons (Fsp3) is 0.524. The summed E-state index contributed by atoms with van der Waals surface area (Å²) in [5.74, 6) is 0.763. The lowest BCUT2D eigenvalue weighted by atomic mass is 9.85. The summed E-state index contributed by atoms with van der Waals surface area (Å²) in [4.78, 5) is 12.7. The molecule has 1 saturated carbocycles. The molecule has 9 heteroatoms. The molecule has 1 aliphatic carbocycles. The summed E-state index contributed by atoms with van der Waals surface area (Å²) in [5, 5.41) is 5.45. The van der Waals surface area contributed by atoms with Gasteiger partial charge in [0.05, 0.1) is 0 Å². The van der Waals surface area contributed by atoms with E-state index in [0.717, 1.165) is 49.7 Å². The molecule has 2 aromatic rings. The van der Waals surface area contributed by atoms with Gasteiger partial charge in [0.1, 0.15) is 11.4 Å². The van der Waals surface area contributed by atoms with Gasteiger partial charge in [-0.15, -0.1) is 0 Å². The molecule has 0 bridgehead atoms. The summed E-state index contributed by atoms with van der Waals surface area (Å²) in [5.41, 5.74) is 0.986. The van der Waals surface area contributed by atoms with E-state index in [1.54, 1.807) is 0 Å². The van der Waals surface area contributed by atoms with Gasteiger partial charge in [-0.05, 0) is 43.0 Å². The Morgan fingerprint density at radius 2 is 1.77 bits per heavy atom. The molecule has 0 spiro atoms. The van der Waals surface area contributed by atoms with Crippen LogP contribution in [0, 0.1) is 5.92 Å². The molecule has 2 aliphatic rings. The summed E-state index contributed by atoms with van der Waals surface area (Å²) in [6.07, 6.45) is 0.443. The smallest absolute Gasteiger partial charge is 0.372 e. The van der Waals surface area contributed by atoms with Crippen LogP contribution in [0.25, 0.3) is 0 Å². The van der Waals surface area contributed by atoms with Crippen molar-refractivity contribution < 1.29 is 13.2 Å². The Hall–Kier alpha value is -2.55. The Morgan fingerprint density at radius 1 is 1.07 bits per heavy atom. The van der Waals surface area contributed by atoms with E-state index in [1.165, 1.54) is 32.9 Å². The number of alkyl halides is 3. The minimum absolute atomic E-state index is 0.115. The average Bonchev–Trinajstić information content (AvgIpc) is 2.71. The standard InChI is InChI=1S/C21H27F3N6/c1-25-19-18(21(22,23)24)13-26-20(28-19)27-16-5-7-17(8-6-16)30-11-9-29(10-12-30)14-15-3-2-4-15/h5-8,13,15H,2-4,9-12,14H2,1H3,(H2,25,26,27,28).